The van der Waals surface area contributed by atoms with Crippen LogP contribution in [0.25, 0.3) is 0 Å². The van der Waals surface area contributed by atoms with E-state index in [1.54, 1.807) is 32.6 Å². The van der Waals surface area contributed by atoms with Crippen molar-refractivity contribution < 1.29 is 38.2 Å². The lowest BCUT2D eigenvalue weighted by Crippen LogP contribution is -2.41. The second-order valence-electron chi connectivity index (χ2n) is 7.85. The van der Waals surface area contributed by atoms with Crippen LogP contribution in [0.4, 0.5) is 9.80 Å². The molecule has 1 aliphatic rings. The molecule has 2 aromatic rings. The number of hydrogen-bond acceptors (Lipinski definition) is 9. The Morgan fingerprint density at radius 3 is 2.74 bits per heavy atom. The van der Waals surface area contributed by atoms with E-state index in [9.17, 15) is 19.5 Å². The summed E-state index contributed by atoms with van der Waals surface area (Å²) < 4.78 is 16.1. The monoisotopic (exact) mass is 452 g/mol. The number of anilines is 1. The molecule has 0 unspecified atom stereocenters. The van der Waals surface area contributed by atoms with Crippen molar-refractivity contribution in [1.82, 2.24) is 10.2 Å². The van der Waals surface area contributed by atoms with Gasteiger partial charge in [0.1, 0.15) is 16.5 Å². The molecule has 1 N–H and O–H groups in total. The zero-order chi connectivity index (χ0) is 22.8. The minimum absolute atomic E-state index is 0.182. The number of carbonyl (C=O) groups excluding carboxylic acids is 3. The fourth-order valence-electron chi connectivity index (χ4n) is 3.04. The Bertz CT molecular complexity index is 992. The van der Waals surface area contributed by atoms with Gasteiger partial charge in [-0.3, -0.25) is 4.79 Å². The summed E-state index contributed by atoms with van der Waals surface area (Å²) in [5, 5.41) is 17.5. The molecule has 0 radical (unpaired) electrons. The van der Waals surface area contributed by atoms with Crippen molar-refractivity contribution in [2.75, 3.05) is 18.5 Å². The van der Waals surface area contributed by atoms with Gasteiger partial charge < -0.3 is 29.3 Å². The largest absolute Gasteiger partial charge is 0.539 e. The highest BCUT2D eigenvalue weighted by Crippen LogP contribution is 2.38. The number of carbonyl (C=O) groups is 3. The maximum absolute atomic E-state index is 12.6. The minimum atomic E-state index is -0.672. The van der Waals surface area contributed by atoms with Crippen LogP contribution in [0.15, 0.2) is 10.7 Å². The maximum atomic E-state index is 12.6. The van der Waals surface area contributed by atoms with Crippen LogP contribution in [0.5, 0.6) is 5.95 Å². The lowest BCUT2D eigenvalue weighted by atomic mass is 10.0. The molecule has 11 nitrogen and oxygen atoms in total. The van der Waals surface area contributed by atoms with Gasteiger partial charge in [0.25, 0.3) is 12.5 Å². The number of thiophene rings is 1. The van der Waals surface area contributed by atoms with Crippen LogP contribution in [0, 0.1) is 0 Å². The summed E-state index contributed by atoms with van der Waals surface area (Å²) in [4.78, 5) is 39.8. The first-order valence-electron chi connectivity index (χ1n) is 9.70. The number of fused-ring (bicyclic) bond motifs is 1. The highest BCUT2D eigenvalue weighted by molar-refractivity contribution is 7.17. The Morgan fingerprint density at radius 2 is 2.13 bits per heavy atom. The van der Waals surface area contributed by atoms with E-state index in [0.29, 0.717) is 18.0 Å². The summed E-state index contributed by atoms with van der Waals surface area (Å²) in [6.07, 6.45) is 1.03. The number of nitrogens with zero attached hydrogens (tertiary/aromatic N) is 3. The summed E-state index contributed by atoms with van der Waals surface area (Å²) in [5.41, 5.74) is 0.410. The molecule has 31 heavy (non-hydrogen) atoms. The number of esters is 1. The third kappa shape index (κ3) is 5.51. The second kappa shape index (κ2) is 8.92. The number of aromatic nitrogens is 2. The van der Waals surface area contributed by atoms with E-state index in [1.807, 2.05) is 0 Å². The first kappa shape index (κ1) is 22.5. The Hall–Kier alpha value is -3.15. The SMILES string of the molecule is CCOC(=O)c1c(NC(=O)C[n+]2cc([O-])on2)sc2c1CCN(C(=O)OC(C)(C)C)C2. The van der Waals surface area contributed by atoms with Gasteiger partial charge in [0.2, 0.25) is 6.20 Å². The van der Waals surface area contributed by atoms with Crippen LogP contribution in [-0.2, 0) is 33.8 Å². The van der Waals surface area contributed by atoms with Crippen molar-refractivity contribution in [2.45, 2.75) is 52.8 Å². The first-order valence-corrected chi connectivity index (χ1v) is 10.5. The zero-order valence-electron chi connectivity index (χ0n) is 17.7. The van der Waals surface area contributed by atoms with Crippen LogP contribution in [0.2, 0.25) is 0 Å². The molecule has 0 spiro atoms. The molecule has 3 rings (SSSR count). The van der Waals surface area contributed by atoms with Gasteiger partial charge in [0.15, 0.2) is 0 Å². The molecule has 0 atom stereocenters. The average molecular weight is 452 g/mol. The molecule has 0 aromatic carbocycles. The Labute approximate surface area is 182 Å². The quantitative estimate of drug-likeness (QED) is 0.528. The third-order valence-electron chi connectivity index (χ3n) is 4.24. The van der Waals surface area contributed by atoms with Crippen molar-refractivity contribution in [3.63, 3.8) is 0 Å². The molecule has 12 heteroatoms. The van der Waals surface area contributed by atoms with Crippen LogP contribution in [-0.4, -0.2) is 46.9 Å². The van der Waals surface area contributed by atoms with Gasteiger partial charge in [0.05, 0.1) is 24.0 Å². The number of hydrogen-bond donors (Lipinski definition) is 1. The lowest BCUT2D eigenvalue weighted by molar-refractivity contribution is -0.750. The third-order valence-corrected chi connectivity index (χ3v) is 5.37. The molecule has 0 bridgehead atoms. The highest BCUT2D eigenvalue weighted by Gasteiger charge is 2.33. The molecule has 3 heterocycles. The summed E-state index contributed by atoms with van der Waals surface area (Å²) in [7, 11) is 0. The predicted octanol–water partition coefficient (Wildman–Crippen LogP) is 1.21. The number of ether oxygens (including phenoxy) is 2. The van der Waals surface area contributed by atoms with Crippen LogP contribution in [0.3, 0.4) is 0 Å². The van der Waals surface area contributed by atoms with Crippen molar-refractivity contribution in [2.24, 2.45) is 0 Å². The molecule has 168 valence electrons. The summed E-state index contributed by atoms with van der Waals surface area (Å²) in [5.74, 6) is -1.71. The molecule has 2 aromatic heterocycles. The van der Waals surface area contributed by atoms with Crippen LogP contribution >= 0.6 is 11.3 Å². The van der Waals surface area contributed by atoms with Gasteiger partial charge >= 0.3 is 12.1 Å². The predicted molar refractivity (Wildman–Crippen MR) is 105 cm³/mol. The number of amides is 2. The van der Waals surface area contributed by atoms with E-state index in [1.165, 1.54) is 11.3 Å². The van der Waals surface area contributed by atoms with Crippen molar-refractivity contribution in [3.05, 3.63) is 22.2 Å². The second-order valence-corrected chi connectivity index (χ2v) is 8.95. The number of nitrogens with one attached hydrogen (secondary N) is 1. The van der Waals surface area contributed by atoms with Gasteiger partial charge in [-0.05, 0) is 39.7 Å². The van der Waals surface area contributed by atoms with Gasteiger partial charge in [-0.1, -0.05) is 4.68 Å². The summed E-state index contributed by atoms with van der Waals surface area (Å²) >= 11 is 1.20. The molecule has 0 saturated heterocycles. The molecule has 2 amide bonds. The van der Waals surface area contributed by atoms with E-state index in [0.717, 1.165) is 21.3 Å². The van der Waals surface area contributed by atoms with E-state index < -0.39 is 29.5 Å². The molecule has 0 saturated carbocycles. The molecular weight excluding hydrogens is 428 g/mol. The highest BCUT2D eigenvalue weighted by atomic mass is 32.1. The zero-order valence-corrected chi connectivity index (χ0v) is 18.5. The molecule has 0 aliphatic carbocycles. The van der Waals surface area contributed by atoms with Crippen LogP contribution < -0.4 is 15.1 Å². The van der Waals surface area contributed by atoms with Crippen molar-refractivity contribution >= 4 is 34.3 Å². The Morgan fingerprint density at radius 1 is 1.39 bits per heavy atom. The van der Waals surface area contributed by atoms with Crippen LogP contribution in [0.1, 0.15) is 48.5 Å². The van der Waals surface area contributed by atoms with Crippen molar-refractivity contribution in [1.29, 1.82) is 0 Å². The normalized spacial score (nSPS) is 13.5. The van der Waals surface area contributed by atoms with E-state index in [4.69, 9.17) is 9.47 Å². The molecule has 0 fully saturated rings. The fraction of sp³-hybridized carbons (Fsp3) is 0.526. The Balaban J connectivity index is 1.82. The van der Waals surface area contributed by atoms with Gasteiger partial charge in [-0.25, -0.2) is 9.59 Å². The lowest BCUT2D eigenvalue weighted by Gasteiger charge is -2.30. The number of rotatable bonds is 5. The standard InChI is InChI=1S/C19H24N4O7S/c1-5-28-17(26)15-11-6-7-22(18(27)29-19(2,3)4)8-12(11)31-16(15)20-13(24)9-23-10-14(25)30-21-23/h10H,5-9H2,1-4H3,(H-,20,21,24,25,26). The van der Waals surface area contributed by atoms with Gasteiger partial charge in [-0.15, -0.1) is 11.3 Å². The van der Waals surface area contributed by atoms with E-state index >= 15 is 0 Å². The summed E-state index contributed by atoms with van der Waals surface area (Å²) in [6.45, 7) is 7.62. The Kier molecular flexibility index (Phi) is 6.48. The molecular formula is C19H24N4O7S. The average Bonchev–Trinajstić information content (AvgIpc) is 3.22. The maximum Gasteiger partial charge on any atom is 0.410 e. The van der Waals surface area contributed by atoms with E-state index in [-0.39, 0.29) is 25.3 Å². The van der Waals surface area contributed by atoms with Crippen molar-refractivity contribution in [3.8, 4) is 5.95 Å². The van der Waals surface area contributed by atoms with Gasteiger partial charge in [-0.2, -0.15) is 0 Å². The fourth-order valence-corrected chi connectivity index (χ4v) is 4.31. The minimum Gasteiger partial charge on any atom is -0.539 e. The first-order chi connectivity index (χ1) is 14.6. The summed E-state index contributed by atoms with van der Waals surface area (Å²) in [6, 6.07) is 0. The smallest absolute Gasteiger partial charge is 0.410 e. The topological polar surface area (TPSA) is 138 Å². The van der Waals surface area contributed by atoms with Gasteiger partial charge in [0, 0.05) is 11.4 Å². The van der Waals surface area contributed by atoms with E-state index in [2.05, 4.69) is 15.1 Å². The molecule has 1 aliphatic heterocycles.